The lowest BCUT2D eigenvalue weighted by atomic mass is 9.85. The molecule has 4 nitrogen and oxygen atoms in total. The summed E-state index contributed by atoms with van der Waals surface area (Å²) in [6.45, 7) is 9.57. The van der Waals surface area contributed by atoms with Crippen molar-refractivity contribution in [1.82, 2.24) is 4.98 Å². The van der Waals surface area contributed by atoms with Crippen LogP contribution in [0.4, 0.5) is 11.6 Å². The summed E-state index contributed by atoms with van der Waals surface area (Å²) < 4.78 is 0. The van der Waals surface area contributed by atoms with Crippen molar-refractivity contribution < 1.29 is 5.11 Å². The molecular weight excluding hydrogens is 226 g/mol. The molecule has 0 aromatic carbocycles. The van der Waals surface area contributed by atoms with Gasteiger partial charge in [0.05, 0.1) is 0 Å². The van der Waals surface area contributed by atoms with E-state index in [1.54, 1.807) is 0 Å². The maximum absolute atomic E-state index is 9.14. The summed E-state index contributed by atoms with van der Waals surface area (Å²) in [5.41, 5.74) is 0.0819. The Bertz CT molecular complexity index is 360. The van der Waals surface area contributed by atoms with Crippen molar-refractivity contribution in [1.29, 1.82) is 0 Å². The van der Waals surface area contributed by atoms with Crippen molar-refractivity contribution in [3.63, 3.8) is 0 Å². The number of aromatic nitrogens is 1. The highest BCUT2D eigenvalue weighted by molar-refractivity contribution is 5.45. The second kappa shape index (κ2) is 6.59. The molecule has 3 N–H and O–H groups in total. The zero-order chi connectivity index (χ0) is 13.6. The Morgan fingerprint density at radius 3 is 2.50 bits per heavy atom. The van der Waals surface area contributed by atoms with Crippen LogP contribution in [0, 0.1) is 5.41 Å². The molecule has 0 saturated carbocycles. The molecule has 0 saturated heterocycles. The van der Waals surface area contributed by atoms with Gasteiger partial charge < -0.3 is 15.7 Å². The minimum atomic E-state index is 0.0819. The van der Waals surface area contributed by atoms with Gasteiger partial charge in [0.15, 0.2) is 0 Å². The van der Waals surface area contributed by atoms with Crippen molar-refractivity contribution in [2.24, 2.45) is 5.41 Å². The zero-order valence-electron chi connectivity index (χ0n) is 11.8. The summed E-state index contributed by atoms with van der Waals surface area (Å²) in [6, 6.07) is 6.09. The number of rotatable bonds is 6. The van der Waals surface area contributed by atoms with Crippen LogP contribution < -0.4 is 10.6 Å². The first kappa shape index (κ1) is 14.8. The molecule has 102 valence electrons. The monoisotopic (exact) mass is 251 g/mol. The van der Waals surface area contributed by atoms with Crippen LogP contribution in [0.5, 0.6) is 0 Å². The van der Waals surface area contributed by atoms with Crippen molar-refractivity contribution >= 4 is 11.6 Å². The van der Waals surface area contributed by atoms with Gasteiger partial charge >= 0.3 is 0 Å². The fraction of sp³-hybridized carbons (Fsp3) is 0.643. The number of nitrogens with one attached hydrogen (secondary N) is 2. The van der Waals surface area contributed by atoms with E-state index in [-0.39, 0.29) is 18.1 Å². The van der Waals surface area contributed by atoms with Crippen molar-refractivity contribution in [2.75, 3.05) is 23.8 Å². The first-order valence-corrected chi connectivity index (χ1v) is 6.55. The predicted octanol–water partition coefficient (Wildman–Crippen LogP) is 2.72. The van der Waals surface area contributed by atoms with Crippen LogP contribution in [0.1, 0.15) is 34.1 Å². The Hall–Kier alpha value is -1.29. The van der Waals surface area contributed by atoms with Gasteiger partial charge in [-0.3, -0.25) is 0 Å². The topological polar surface area (TPSA) is 57.2 Å². The molecule has 0 fully saturated rings. The molecule has 18 heavy (non-hydrogen) atoms. The molecule has 0 amide bonds. The van der Waals surface area contributed by atoms with Gasteiger partial charge in [0, 0.05) is 19.2 Å². The van der Waals surface area contributed by atoms with E-state index in [9.17, 15) is 0 Å². The maximum atomic E-state index is 9.14. The molecule has 1 atom stereocenters. The lowest BCUT2D eigenvalue weighted by Gasteiger charge is -2.31. The fourth-order valence-corrected chi connectivity index (χ4v) is 1.82. The zero-order valence-corrected chi connectivity index (χ0v) is 11.8. The number of hydrogen-bond donors (Lipinski definition) is 3. The molecule has 0 aliphatic rings. The number of aliphatic hydroxyl groups is 1. The summed E-state index contributed by atoms with van der Waals surface area (Å²) in [7, 11) is 0. The van der Waals surface area contributed by atoms with E-state index in [1.807, 2.05) is 25.1 Å². The van der Waals surface area contributed by atoms with Gasteiger partial charge in [-0.2, -0.15) is 0 Å². The van der Waals surface area contributed by atoms with Crippen LogP contribution in [0.15, 0.2) is 18.2 Å². The predicted molar refractivity (Wildman–Crippen MR) is 77.0 cm³/mol. The number of anilines is 2. The molecule has 1 heterocycles. The Labute approximate surface area is 110 Å². The Balaban J connectivity index is 2.77. The quantitative estimate of drug-likeness (QED) is 0.727. The highest BCUT2D eigenvalue weighted by Crippen LogP contribution is 2.25. The average Bonchev–Trinajstić information content (AvgIpc) is 2.28. The van der Waals surface area contributed by atoms with Crippen LogP contribution in [-0.4, -0.2) is 29.3 Å². The van der Waals surface area contributed by atoms with E-state index in [1.165, 1.54) is 0 Å². The molecule has 0 spiro atoms. The fourth-order valence-electron chi connectivity index (χ4n) is 1.82. The molecule has 0 radical (unpaired) electrons. The van der Waals surface area contributed by atoms with Crippen molar-refractivity contribution in [3.8, 4) is 0 Å². The first-order valence-electron chi connectivity index (χ1n) is 6.55. The van der Waals surface area contributed by atoms with Crippen LogP contribution in [0.2, 0.25) is 0 Å². The van der Waals surface area contributed by atoms with E-state index in [0.29, 0.717) is 0 Å². The number of pyridine rings is 1. The molecule has 0 bridgehead atoms. The van der Waals surface area contributed by atoms with Crippen molar-refractivity contribution in [3.05, 3.63) is 18.2 Å². The van der Waals surface area contributed by atoms with E-state index >= 15 is 0 Å². The normalized spacial score (nSPS) is 13.2. The summed E-state index contributed by atoms with van der Waals surface area (Å²) in [6.07, 6.45) is 0.719. The van der Waals surface area contributed by atoms with Crippen LogP contribution in [0.25, 0.3) is 0 Å². The standard InChI is InChI=1S/C14H25N3O/c1-5-15-12-7-6-8-13(17-12)16-11(9-10-18)14(2,3)4/h6-8,11,18H,5,9-10H2,1-4H3,(H2,15,16,17). The molecule has 1 rings (SSSR count). The summed E-state index contributed by atoms with van der Waals surface area (Å²) in [4.78, 5) is 4.49. The van der Waals surface area contributed by atoms with Gasteiger partial charge in [0.1, 0.15) is 11.6 Å². The average molecular weight is 251 g/mol. The molecular formula is C14H25N3O. The van der Waals surface area contributed by atoms with Crippen LogP contribution in [0.3, 0.4) is 0 Å². The van der Waals surface area contributed by atoms with Gasteiger partial charge in [-0.15, -0.1) is 0 Å². The lowest BCUT2D eigenvalue weighted by molar-refractivity contribution is 0.235. The molecule has 1 aromatic rings. The maximum Gasteiger partial charge on any atom is 0.128 e. The minimum Gasteiger partial charge on any atom is -0.396 e. The van der Waals surface area contributed by atoms with Gasteiger partial charge in [-0.25, -0.2) is 4.98 Å². The lowest BCUT2D eigenvalue weighted by Crippen LogP contribution is -2.35. The van der Waals surface area contributed by atoms with Crippen LogP contribution >= 0.6 is 0 Å². The van der Waals surface area contributed by atoms with E-state index in [0.717, 1.165) is 24.6 Å². The highest BCUT2D eigenvalue weighted by atomic mass is 16.3. The summed E-state index contributed by atoms with van der Waals surface area (Å²) in [5.74, 6) is 1.72. The largest absolute Gasteiger partial charge is 0.396 e. The molecule has 0 aliphatic heterocycles. The molecule has 4 heteroatoms. The van der Waals surface area contributed by atoms with Gasteiger partial charge in [-0.1, -0.05) is 26.8 Å². The SMILES string of the molecule is CCNc1cccc(NC(CCO)C(C)(C)C)n1. The number of aliphatic hydroxyl groups excluding tert-OH is 1. The smallest absolute Gasteiger partial charge is 0.128 e. The second-order valence-corrected chi connectivity index (χ2v) is 5.51. The second-order valence-electron chi connectivity index (χ2n) is 5.51. The highest BCUT2D eigenvalue weighted by Gasteiger charge is 2.24. The molecule has 0 aliphatic carbocycles. The third-order valence-electron chi connectivity index (χ3n) is 2.89. The first-order chi connectivity index (χ1) is 8.47. The summed E-state index contributed by atoms with van der Waals surface area (Å²) in [5, 5.41) is 15.7. The Morgan fingerprint density at radius 1 is 1.28 bits per heavy atom. The van der Waals surface area contributed by atoms with E-state index < -0.39 is 0 Å². The Morgan fingerprint density at radius 2 is 1.94 bits per heavy atom. The van der Waals surface area contributed by atoms with Crippen molar-refractivity contribution in [2.45, 2.75) is 40.2 Å². The van der Waals surface area contributed by atoms with Crippen LogP contribution in [-0.2, 0) is 0 Å². The van der Waals surface area contributed by atoms with Gasteiger partial charge in [0.2, 0.25) is 0 Å². The molecule has 1 unspecified atom stereocenters. The summed E-state index contributed by atoms with van der Waals surface area (Å²) >= 11 is 0. The minimum absolute atomic E-state index is 0.0819. The van der Waals surface area contributed by atoms with E-state index in [4.69, 9.17) is 5.11 Å². The van der Waals surface area contributed by atoms with Gasteiger partial charge in [0.25, 0.3) is 0 Å². The number of nitrogens with zero attached hydrogens (tertiary/aromatic N) is 1. The molecule has 1 aromatic heterocycles. The van der Waals surface area contributed by atoms with Gasteiger partial charge in [-0.05, 0) is 30.9 Å². The third kappa shape index (κ3) is 4.53. The third-order valence-corrected chi connectivity index (χ3v) is 2.89. The number of hydrogen-bond acceptors (Lipinski definition) is 4. The van der Waals surface area contributed by atoms with E-state index in [2.05, 4.69) is 36.4 Å². The Kier molecular flexibility index (Phi) is 5.41.